The van der Waals surface area contributed by atoms with Crippen LogP contribution in [0.5, 0.6) is 11.5 Å². The van der Waals surface area contributed by atoms with Crippen molar-refractivity contribution in [1.29, 1.82) is 0 Å². The molecule has 46 heavy (non-hydrogen) atoms. The van der Waals surface area contributed by atoms with E-state index < -0.39 is 23.9 Å². The van der Waals surface area contributed by atoms with Crippen LogP contribution < -0.4 is 30.7 Å². The van der Waals surface area contributed by atoms with Crippen molar-refractivity contribution in [2.45, 2.75) is 58.5 Å². The lowest BCUT2D eigenvalue weighted by Crippen LogP contribution is -2.48. The van der Waals surface area contributed by atoms with Crippen molar-refractivity contribution in [2.75, 3.05) is 26.3 Å². The van der Waals surface area contributed by atoms with Gasteiger partial charge in [0.15, 0.2) is 0 Å². The molecule has 2 heterocycles. The van der Waals surface area contributed by atoms with Gasteiger partial charge in [-0.25, -0.2) is 4.98 Å². The van der Waals surface area contributed by atoms with Gasteiger partial charge in [0.25, 0.3) is 11.8 Å². The van der Waals surface area contributed by atoms with Crippen molar-refractivity contribution in [3.63, 3.8) is 0 Å². The molecule has 0 fully saturated rings. The summed E-state index contributed by atoms with van der Waals surface area (Å²) < 4.78 is 11.9. The van der Waals surface area contributed by atoms with Crippen LogP contribution in [-0.4, -0.2) is 67.0 Å². The van der Waals surface area contributed by atoms with Gasteiger partial charge in [-0.15, -0.1) is 11.3 Å². The Balaban J connectivity index is 1.52. The highest BCUT2D eigenvalue weighted by Crippen LogP contribution is 2.24. The number of halogens is 1. The van der Waals surface area contributed by atoms with Gasteiger partial charge in [0, 0.05) is 35.5 Å². The van der Waals surface area contributed by atoms with Gasteiger partial charge in [0.05, 0.1) is 28.7 Å². The fraction of sp³-hybridized carbons (Fsp3) is 0.424. The lowest BCUT2D eigenvalue weighted by molar-refractivity contribution is -0.124. The molecule has 4 amide bonds. The van der Waals surface area contributed by atoms with E-state index in [1.165, 1.54) is 6.07 Å². The van der Waals surface area contributed by atoms with Crippen molar-refractivity contribution in [1.82, 2.24) is 26.3 Å². The predicted molar refractivity (Wildman–Crippen MR) is 177 cm³/mol. The molecule has 13 heteroatoms. The highest BCUT2D eigenvalue weighted by Gasteiger charge is 2.26. The van der Waals surface area contributed by atoms with Gasteiger partial charge in [-0.1, -0.05) is 37.6 Å². The Bertz CT molecular complexity index is 1530. The minimum absolute atomic E-state index is 0.00305. The zero-order valence-electron chi connectivity index (χ0n) is 26.2. The molecule has 0 radical (unpaired) electrons. The Morgan fingerprint density at radius 1 is 1.07 bits per heavy atom. The zero-order chi connectivity index (χ0) is 33.1. The Hall–Kier alpha value is -4.16. The highest BCUT2D eigenvalue weighted by atomic mass is 35.5. The third-order valence-electron chi connectivity index (χ3n) is 7.35. The van der Waals surface area contributed by atoms with Gasteiger partial charge >= 0.3 is 0 Å². The van der Waals surface area contributed by atoms with Crippen LogP contribution in [0.3, 0.4) is 0 Å². The summed E-state index contributed by atoms with van der Waals surface area (Å²) in [5, 5.41) is 14.8. The number of hydrogen-bond donors (Lipinski definition) is 4. The lowest BCUT2D eigenvalue weighted by Gasteiger charge is -2.24. The Morgan fingerprint density at radius 3 is 2.61 bits per heavy atom. The first-order chi connectivity index (χ1) is 22.1. The minimum atomic E-state index is -0.972. The van der Waals surface area contributed by atoms with Gasteiger partial charge in [0.2, 0.25) is 11.8 Å². The number of thiazole rings is 1. The van der Waals surface area contributed by atoms with Crippen LogP contribution in [0.25, 0.3) is 0 Å². The molecule has 0 bridgehead atoms. The van der Waals surface area contributed by atoms with Crippen molar-refractivity contribution < 1.29 is 28.7 Å². The van der Waals surface area contributed by atoms with E-state index in [-0.39, 0.29) is 67.2 Å². The van der Waals surface area contributed by atoms with Crippen LogP contribution in [0.4, 0.5) is 0 Å². The molecule has 11 nitrogen and oxygen atoms in total. The number of nitrogens with one attached hydrogen (secondary N) is 4. The maximum Gasteiger partial charge on any atom is 0.255 e. The average molecular weight is 670 g/mol. The van der Waals surface area contributed by atoms with Crippen molar-refractivity contribution in [3.8, 4) is 11.5 Å². The first-order valence-electron chi connectivity index (χ1n) is 15.3. The van der Waals surface area contributed by atoms with Gasteiger partial charge in [-0.2, -0.15) is 0 Å². The van der Waals surface area contributed by atoms with Gasteiger partial charge in [-0.3, -0.25) is 19.2 Å². The smallest absolute Gasteiger partial charge is 0.255 e. The topological polar surface area (TPSA) is 148 Å². The maximum absolute atomic E-state index is 13.4. The Morgan fingerprint density at radius 2 is 1.85 bits per heavy atom. The summed E-state index contributed by atoms with van der Waals surface area (Å²) in [6.45, 7) is 6.53. The average Bonchev–Trinajstić information content (AvgIpc) is 3.45. The molecule has 246 valence electrons. The molecule has 1 aliphatic heterocycles. The number of amides is 4. The fourth-order valence-corrected chi connectivity index (χ4v) is 5.73. The van der Waals surface area contributed by atoms with Gasteiger partial charge in [-0.05, 0) is 56.0 Å². The van der Waals surface area contributed by atoms with E-state index in [1.807, 2.05) is 26.2 Å². The number of fused-ring (bicyclic) bond motifs is 2. The number of aryl methyl sites for hydroxylation is 2. The lowest BCUT2D eigenvalue weighted by atomic mass is 10.0. The third kappa shape index (κ3) is 10.2. The Labute approximate surface area is 277 Å². The molecule has 4 N–H and O–H groups in total. The molecule has 0 saturated carbocycles. The summed E-state index contributed by atoms with van der Waals surface area (Å²) in [5.41, 5.74) is 1.43. The first-order valence-corrected chi connectivity index (χ1v) is 16.6. The SMILES string of the molecule is Cc1csc(CCCNC(=O)[C@@H]2CCC(=O)N[C@H](C(C)C)COc3ccc(Cl)cc3C(=O)NCCOc3ccccc3C(=O)N2)n1. The Kier molecular flexibility index (Phi) is 12.8. The van der Waals surface area contributed by atoms with E-state index in [2.05, 4.69) is 26.3 Å². The van der Waals surface area contributed by atoms with Crippen LogP contribution in [0.15, 0.2) is 47.8 Å². The minimum Gasteiger partial charge on any atom is -0.491 e. The second-order valence-corrected chi connectivity index (χ2v) is 12.7. The van der Waals surface area contributed by atoms with E-state index >= 15 is 0 Å². The molecule has 0 aliphatic carbocycles. The van der Waals surface area contributed by atoms with E-state index in [4.69, 9.17) is 21.1 Å². The molecule has 3 aromatic rings. The van der Waals surface area contributed by atoms with Crippen LogP contribution in [-0.2, 0) is 16.0 Å². The fourth-order valence-electron chi connectivity index (χ4n) is 4.74. The number of para-hydroxylation sites is 1. The third-order valence-corrected chi connectivity index (χ3v) is 8.61. The summed E-state index contributed by atoms with van der Waals surface area (Å²) in [7, 11) is 0. The summed E-state index contributed by atoms with van der Waals surface area (Å²) >= 11 is 7.76. The molecule has 2 atom stereocenters. The van der Waals surface area contributed by atoms with Crippen LogP contribution in [0.1, 0.15) is 64.5 Å². The molecule has 2 aromatic carbocycles. The molecule has 0 unspecified atom stereocenters. The number of carbonyl (C=O) groups is 4. The summed E-state index contributed by atoms with van der Waals surface area (Å²) in [6.07, 6.45) is 1.45. The second kappa shape index (κ2) is 17.0. The number of ether oxygens (including phenoxy) is 2. The van der Waals surface area contributed by atoms with Crippen molar-refractivity contribution >= 4 is 46.6 Å². The molecular formula is C33H40ClN5O6S. The van der Waals surface area contributed by atoms with Crippen molar-refractivity contribution in [3.05, 3.63) is 74.7 Å². The molecule has 0 spiro atoms. The number of aromatic nitrogens is 1. The molecule has 1 aliphatic rings. The van der Waals surface area contributed by atoms with E-state index in [0.717, 1.165) is 17.1 Å². The zero-order valence-corrected chi connectivity index (χ0v) is 27.8. The number of nitrogens with zero attached hydrogens (tertiary/aromatic N) is 1. The number of hydrogen-bond acceptors (Lipinski definition) is 8. The van der Waals surface area contributed by atoms with Crippen LogP contribution in [0, 0.1) is 12.8 Å². The monoisotopic (exact) mass is 669 g/mol. The summed E-state index contributed by atoms with van der Waals surface area (Å²) in [6, 6.07) is 10.0. The van der Waals surface area contributed by atoms with Gasteiger partial charge < -0.3 is 30.7 Å². The second-order valence-electron chi connectivity index (χ2n) is 11.3. The van der Waals surface area contributed by atoms with Crippen LogP contribution in [0.2, 0.25) is 5.02 Å². The van der Waals surface area contributed by atoms with Crippen molar-refractivity contribution in [2.24, 2.45) is 5.92 Å². The quantitative estimate of drug-likeness (QED) is 0.289. The van der Waals surface area contributed by atoms with E-state index in [9.17, 15) is 19.2 Å². The van der Waals surface area contributed by atoms with Crippen LogP contribution >= 0.6 is 22.9 Å². The first kappa shape index (κ1) is 34.7. The number of benzene rings is 2. The summed E-state index contributed by atoms with van der Waals surface area (Å²) in [4.78, 5) is 57.4. The molecule has 0 saturated heterocycles. The maximum atomic E-state index is 13.4. The largest absolute Gasteiger partial charge is 0.491 e. The predicted octanol–water partition coefficient (Wildman–Crippen LogP) is 4.07. The normalized spacial score (nSPS) is 18.2. The summed E-state index contributed by atoms with van der Waals surface area (Å²) in [5.74, 6) is -1.01. The van der Waals surface area contributed by atoms with Gasteiger partial charge in [0.1, 0.15) is 30.8 Å². The molecule has 4 rings (SSSR count). The highest BCUT2D eigenvalue weighted by molar-refractivity contribution is 7.09. The van der Waals surface area contributed by atoms with E-state index in [0.29, 0.717) is 23.7 Å². The number of carbonyl (C=O) groups excluding carboxylic acids is 4. The molecule has 1 aromatic heterocycles. The molecular weight excluding hydrogens is 630 g/mol. The standard InChI is InChI=1S/C33H40ClN5O6S/c1-20(2)26-18-45-28-12-10-22(34)17-24(28)31(41)36-15-16-44-27-8-5-4-7-23(27)32(42)39-25(11-13-29(40)38-26)33(43)35-14-6-9-30-37-21(3)19-46-30/h4-5,7-8,10,12,17,19-20,25-26H,6,9,11,13-16,18H2,1-3H3,(H,35,43)(H,36,41)(H,38,40)(H,39,42)/t25-,26-/m0/s1. The number of rotatable bonds is 6. The van der Waals surface area contributed by atoms with E-state index in [1.54, 1.807) is 47.7 Å².